The van der Waals surface area contributed by atoms with Crippen LogP contribution in [0.25, 0.3) is 0 Å². The Morgan fingerprint density at radius 2 is 1.82 bits per heavy atom. The lowest BCUT2D eigenvalue weighted by atomic mass is 10.5. The molecule has 0 spiro atoms. The fourth-order valence-electron chi connectivity index (χ4n) is 1.62. The third kappa shape index (κ3) is 6.00. The van der Waals surface area contributed by atoms with Crippen LogP contribution in [0, 0.1) is 0 Å². The lowest BCUT2D eigenvalue weighted by molar-refractivity contribution is -0.140. The van der Waals surface area contributed by atoms with Gasteiger partial charge >= 0.3 is 5.97 Å². The second kappa shape index (κ2) is 9.38. The van der Waals surface area contributed by atoms with Gasteiger partial charge in [0.1, 0.15) is 5.91 Å². The van der Waals surface area contributed by atoms with E-state index in [1.165, 1.54) is 6.08 Å². The summed E-state index contributed by atoms with van der Waals surface area (Å²) >= 11 is 0. The molecule has 0 amide bonds. The molecule has 0 saturated heterocycles. The van der Waals surface area contributed by atoms with Gasteiger partial charge in [-0.15, -0.1) is 0 Å². The van der Waals surface area contributed by atoms with Gasteiger partial charge in [0.25, 0.3) is 0 Å². The van der Waals surface area contributed by atoms with Crippen molar-refractivity contribution in [1.82, 2.24) is 0 Å². The van der Waals surface area contributed by atoms with Gasteiger partial charge in [-0.1, -0.05) is 20.0 Å². The van der Waals surface area contributed by atoms with Crippen LogP contribution in [0.15, 0.2) is 12.7 Å². The van der Waals surface area contributed by atoms with Crippen molar-refractivity contribution in [2.45, 2.75) is 45.4 Å². The molecule has 100 valence electrons. The lowest BCUT2D eigenvalue weighted by Gasteiger charge is -2.28. The highest BCUT2D eigenvalue weighted by Gasteiger charge is 2.29. The van der Waals surface area contributed by atoms with Gasteiger partial charge in [-0.25, -0.2) is 4.79 Å². The van der Waals surface area contributed by atoms with Gasteiger partial charge in [0, 0.05) is 19.3 Å². The lowest BCUT2D eigenvalue weighted by Crippen LogP contribution is -2.45. The maximum atomic E-state index is 11.2. The summed E-state index contributed by atoms with van der Waals surface area (Å²) in [7, 11) is -1.47. The summed E-state index contributed by atoms with van der Waals surface area (Å²) < 4.78 is 16.5. The van der Waals surface area contributed by atoms with Crippen LogP contribution in [0.2, 0.25) is 6.55 Å². The summed E-state index contributed by atoms with van der Waals surface area (Å²) in [4.78, 5) is 11.2. The molecule has 0 aliphatic rings. The molecule has 0 bridgehead atoms. The molecule has 0 aliphatic carbocycles. The van der Waals surface area contributed by atoms with Gasteiger partial charge < -0.3 is 14.2 Å². The monoisotopic (exact) mass is 260 g/mol. The molecule has 2 atom stereocenters. The SMILES string of the molecule is C=CC(=O)OC(CC)[SiH](C)C(OCC)OCC. The first-order valence-electron chi connectivity index (χ1n) is 6.16. The predicted octanol–water partition coefficient (Wildman–Crippen LogP) is 1.83. The molecule has 2 unspecified atom stereocenters. The van der Waals surface area contributed by atoms with Crippen LogP contribution in [0.4, 0.5) is 0 Å². The number of ether oxygens (including phenoxy) is 3. The normalized spacial score (nSPS) is 14.4. The van der Waals surface area contributed by atoms with Crippen molar-refractivity contribution in [3.63, 3.8) is 0 Å². The number of hydrogen-bond donors (Lipinski definition) is 0. The van der Waals surface area contributed by atoms with E-state index < -0.39 is 8.80 Å². The Kier molecular flexibility index (Phi) is 9.02. The van der Waals surface area contributed by atoms with E-state index in [2.05, 4.69) is 13.1 Å². The Hall–Kier alpha value is -0.653. The van der Waals surface area contributed by atoms with Crippen LogP contribution in [0.3, 0.4) is 0 Å². The second-order valence-electron chi connectivity index (χ2n) is 3.73. The zero-order chi connectivity index (χ0) is 13.3. The highest BCUT2D eigenvalue weighted by Crippen LogP contribution is 2.12. The molecule has 0 aliphatic heterocycles. The fourth-order valence-corrected chi connectivity index (χ4v) is 4.05. The third-order valence-corrected chi connectivity index (χ3v) is 5.54. The Morgan fingerprint density at radius 3 is 2.18 bits per heavy atom. The van der Waals surface area contributed by atoms with Gasteiger partial charge in [-0.2, -0.15) is 0 Å². The first kappa shape index (κ1) is 16.3. The van der Waals surface area contributed by atoms with Gasteiger partial charge in [-0.3, -0.25) is 0 Å². The summed E-state index contributed by atoms with van der Waals surface area (Å²) in [5.41, 5.74) is -0.0800. The highest BCUT2D eigenvalue weighted by molar-refractivity contribution is 6.59. The maximum absolute atomic E-state index is 11.2. The van der Waals surface area contributed by atoms with E-state index in [0.717, 1.165) is 6.42 Å². The zero-order valence-corrected chi connectivity index (χ0v) is 12.4. The van der Waals surface area contributed by atoms with Crippen LogP contribution in [0.5, 0.6) is 0 Å². The first-order chi connectivity index (χ1) is 8.10. The van der Waals surface area contributed by atoms with Crippen LogP contribution >= 0.6 is 0 Å². The minimum atomic E-state index is -1.47. The fraction of sp³-hybridized carbons (Fsp3) is 0.750. The largest absolute Gasteiger partial charge is 0.463 e. The predicted molar refractivity (Wildman–Crippen MR) is 70.4 cm³/mol. The van der Waals surface area contributed by atoms with E-state index in [0.29, 0.717) is 13.2 Å². The minimum Gasteiger partial charge on any atom is -0.463 e. The molecule has 4 nitrogen and oxygen atoms in total. The summed E-state index contributed by atoms with van der Waals surface area (Å²) in [6.45, 7) is 12.6. The smallest absolute Gasteiger partial charge is 0.330 e. The van der Waals surface area contributed by atoms with Crippen molar-refractivity contribution < 1.29 is 19.0 Å². The molecule has 0 N–H and O–H groups in total. The van der Waals surface area contributed by atoms with Gasteiger partial charge in [0.2, 0.25) is 0 Å². The highest BCUT2D eigenvalue weighted by atomic mass is 28.3. The Labute approximate surface area is 106 Å². The second-order valence-corrected chi connectivity index (χ2v) is 6.73. The van der Waals surface area contributed by atoms with E-state index >= 15 is 0 Å². The summed E-state index contributed by atoms with van der Waals surface area (Å²) in [5.74, 6) is -0.574. The molecular weight excluding hydrogens is 236 g/mol. The Bertz CT molecular complexity index is 227. The number of rotatable bonds is 9. The zero-order valence-electron chi connectivity index (χ0n) is 11.3. The average molecular weight is 260 g/mol. The average Bonchev–Trinajstić information content (AvgIpc) is 2.34. The standard InChI is InChI=1S/C12H24O4Si/c1-6-10(13)16-11(7-2)17(5)12(14-8-3)15-9-4/h6,11-12,17H,1,7-9H2,2-5H3. The van der Waals surface area contributed by atoms with Crippen molar-refractivity contribution in [2.24, 2.45) is 0 Å². The number of carbonyl (C=O) groups is 1. The molecule has 0 aromatic carbocycles. The topological polar surface area (TPSA) is 44.8 Å². The quantitative estimate of drug-likeness (QED) is 0.275. The minimum absolute atomic E-state index is 0.0800. The van der Waals surface area contributed by atoms with Crippen molar-refractivity contribution in [3.05, 3.63) is 12.7 Å². The summed E-state index contributed by atoms with van der Waals surface area (Å²) in [6.07, 6.45) is 1.98. The maximum Gasteiger partial charge on any atom is 0.330 e. The molecule has 0 aromatic heterocycles. The molecular formula is C12H24O4Si. The summed E-state index contributed by atoms with van der Waals surface area (Å²) in [6, 6.07) is 0. The Morgan fingerprint density at radius 1 is 1.29 bits per heavy atom. The van der Waals surface area contributed by atoms with Gasteiger partial charge in [0.15, 0.2) is 8.80 Å². The van der Waals surface area contributed by atoms with Crippen LogP contribution < -0.4 is 0 Å². The molecule has 0 rings (SSSR count). The molecule has 0 aromatic rings. The number of esters is 1. The van der Waals surface area contributed by atoms with Crippen molar-refractivity contribution in [2.75, 3.05) is 13.2 Å². The van der Waals surface area contributed by atoms with Crippen LogP contribution in [0.1, 0.15) is 27.2 Å². The van der Waals surface area contributed by atoms with E-state index in [-0.39, 0.29) is 17.6 Å². The van der Waals surface area contributed by atoms with Crippen LogP contribution in [-0.2, 0) is 19.0 Å². The molecule has 0 heterocycles. The first-order valence-corrected chi connectivity index (χ1v) is 8.65. The van der Waals surface area contributed by atoms with Gasteiger partial charge in [-0.05, 0) is 20.3 Å². The van der Waals surface area contributed by atoms with Crippen molar-refractivity contribution >= 4 is 14.8 Å². The molecule has 5 heteroatoms. The Balaban J connectivity index is 4.49. The molecule has 0 radical (unpaired) electrons. The van der Waals surface area contributed by atoms with Crippen molar-refractivity contribution in [3.8, 4) is 0 Å². The van der Waals surface area contributed by atoms with Gasteiger partial charge in [0.05, 0.1) is 5.73 Å². The summed E-state index contributed by atoms with van der Waals surface area (Å²) in [5, 5.41) is 0. The molecule has 17 heavy (non-hydrogen) atoms. The van der Waals surface area contributed by atoms with Crippen LogP contribution in [-0.4, -0.2) is 39.6 Å². The molecule has 0 saturated carbocycles. The molecule has 0 fully saturated rings. The van der Waals surface area contributed by atoms with E-state index in [9.17, 15) is 4.79 Å². The van der Waals surface area contributed by atoms with E-state index in [4.69, 9.17) is 14.2 Å². The third-order valence-electron chi connectivity index (χ3n) is 2.51. The number of hydrogen-bond acceptors (Lipinski definition) is 4. The van der Waals surface area contributed by atoms with Crippen molar-refractivity contribution in [1.29, 1.82) is 0 Å². The number of carbonyl (C=O) groups excluding carboxylic acids is 1. The van der Waals surface area contributed by atoms with E-state index in [1.807, 2.05) is 20.8 Å². The van der Waals surface area contributed by atoms with E-state index in [1.54, 1.807) is 0 Å².